The first-order chi connectivity index (χ1) is 5.16. The molecule has 1 atom stereocenters. The van der Waals surface area contributed by atoms with Crippen LogP contribution in [0.1, 0.15) is 19.8 Å². The van der Waals surface area contributed by atoms with Gasteiger partial charge in [0.1, 0.15) is 12.7 Å². The first-order valence-corrected chi connectivity index (χ1v) is 3.58. The van der Waals surface area contributed by atoms with Crippen molar-refractivity contribution in [2.45, 2.75) is 25.9 Å². The molecule has 0 aromatic carbocycles. The maximum atomic E-state index is 9.10. The predicted octanol–water partition coefficient (Wildman–Crippen LogP) is 0.699. The number of aliphatic hydroxyl groups excluding tert-OH is 2. The van der Waals surface area contributed by atoms with E-state index in [0.29, 0.717) is 6.42 Å². The highest BCUT2D eigenvalue weighted by atomic mass is 16.3. The van der Waals surface area contributed by atoms with E-state index in [1.807, 2.05) is 6.92 Å². The average molecular weight is 154 g/mol. The van der Waals surface area contributed by atoms with E-state index in [1.165, 1.54) is 0 Å². The zero-order valence-corrected chi connectivity index (χ0v) is 6.80. The van der Waals surface area contributed by atoms with E-state index in [2.05, 4.69) is 18.4 Å². The van der Waals surface area contributed by atoms with Gasteiger partial charge in [-0.2, -0.15) is 0 Å². The number of allylic oxidation sites excluding steroid dienone is 1. The summed E-state index contributed by atoms with van der Waals surface area (Å²) in [5.41, 5.74) is 1.04. The molecule has 0 amide bonds. The summed E-state index contributed by atoms with van der Waals surface area (Å²) in [6.45, 7) is 5.42. The van der Waals surface area contributed by atoms with Crippen LogP contribution in [0.15, 0.2) is 12.2 Å². The summed E-state index contributed by atoms with van der Waals surface area (Å²) in [5.74, 6) is 4.90. The molecular formula is C9H14O2. The molecule has 1 unspecified atom stereocenters. The lowest BCUT2D eigenvalue weighted by molar-refractivity contribution is 0.222. The maximum Gasteiger partial charge on any atom is 0.115 e. The molecule has 0 aliphatic rings. The fourth-order valence-electron chi connectivity index (χ4n) is 0.619. The second-order valence-corrected chi connectivity index (χ2v) is 2.49. The highest BCUT2D eigenvalue weighted by Gasteiger charge is 1.97. The van der Waals surface area contributed by atoms with E-state index >= 15 is 0 Å². The third-order valence-corrected chi connectivity index (χ3v) is 1.19. The Bertz CT molecular complexity index is 174. The molecule has 2 N–H and O–H groups in total. The molecule has 0 heterocycles. The van der Waals surface area contributed by atoms with Gasteiger partial charge in [-0.1, -0.05) is 17.4 Å². The van der Waals surface area contributed by atoms with Gasteiger partial charge >= 0.3 is 0 Å². The van der Waals surface area contributed by atoms with Crippen molar-refractivity contribution in [3.8, 4) is 11.8 Å². The third-order valence-electron chi connectivity index (χ3n) is 1.19. The van der Waals surface area contributed by atoms with Crippen LogP contribution in [0.3, 0.4) is 0 Å². The topological polar surface area (TPSA) is 40.5 Å². The van der Waals surface area contributed by atoms with E-state index < -0.39 is 6.10 Å². The van der Waals surface area contributed by atoms with Crippen LogP contribution in [0.2, 0.25) is 0 Å². The Balaban J connectivity index is 3.52. The molecule has 11 heavy (non-hydrogen) atoms. The fourth-order valence-corrected chi connectivity index (χ4v) is 0.619. The Hall–Kier alpha value is -0.780. The molecule has 0 rings (SSSR count). The highest BCUT2D eigenvalue weighted by molar-refractivity contribution is 5.05. The van der Waals surface area contributed by atoms with Crippen molar-refractivity contribution in [2.75, 3.05) is 6.61 Å². The molecular weight excluding hydrogens is 140 g/mol. The summed E-state index contributed by atoms with van der Waals surface area (Å²) in [4.78, 5) is 0. The van der Waals surface area contributed by atoms with E-state index in [4.69, 9.17) is 10.2 Å². The Kier molecular flexibility index (Phi) is 5.54. The van der Waals surface area contributed by atoms with Crippen molar-refractivity contribution >= 4 is 0 Å². The van der Waals surface area contributed by atoms with Crippen molar-refractivity contribution in [3.63, 3.8) is 0 Å². The first-order valence-electron chi connectivity index (χ1n) is 3.58. The molecule has 0 aromatic rings. The molecule has 0 saturated heterocycles. The van der Waals surface area contributed by atoms with Crippen molar-refractivity contribution in [3.05, 3.63) is 12.2 Å². The van der Waals surface area contributed by atoms with Crippen LogP contribution in [0.5, 0.6) is 0 Å². The summed E-state index contributed by atoms with van der Waals surface area (Å²) in [7, 11) is 0. The fraction of sp³-hybridized carbons (Fsp3) is 0.556. The monoisotopic (exact) mass is 154 g/mol. The minimum atomic E-state index is -0.626. The van der Waals surface area contributed by atoms with Crippen LogP contribution >= 0.6 is 0 Å². The standard InChI is InChI=1S/C9H14O2/c1-8(2)5-6-9(11)4-3-7-10/h9-11H,1,5-7H2,2H3. The van der Waals surface area contributed by atoms with Gasteiger partial charge in [0.2, 0.25) is 0 Å². The second-order valence-electron chi connectivity index (χ2n) is 2.49. The van der Waals surface area contributed by atoms with Gasteiger partial charge in [0, 0.05) is 0 Å². The maximum absolute atomic E-state index is 9.10. The van der Waals surface area contributed by atoms with Gasteiger partial charge in [-0.25, -0.2) is 0 Å². The lowest BCUT2D eigenvalue weighted by atomic mass is 10.1. The average Bonchev–Trinajstić information content (AvgIpc) is 1.97. The van der Waals surface area contributed by atoms with E-state index in [0.717, 1.165) is 12.0 Å². The van der Waals surface area contributed by atoms with Crippen LogP contribution in [0, 0.1) is 11.8 Å². The van der Waals surface area contributed by atoms with Gasteiger partial charge in [0.15, 0.2) is 0 Å². The van der Waals surface area contributed by atoms with Gasteiger partial charge in [-0.05, 0) is 19.8 Å². The number of hydrogen-bond acceptors (Lipinski definition) is 2. The minimum absolute atomic E-state index is 0.190. The summed E-state index contributed by atoms with van der Waals surface area (Å²) < 4.78 is 0. The molecule has 0 spiro atoms. The van der Waals surface area contributed by atoms with Crippen LogP contribution in [-0.2, 0) is 0 Å². The lowest BCUT2D eigenvalue weighted by Gasteiger charge is -2.01. The van der Waals surface area contributed by atoms with E-state index in [-0.39, 0.29) is 6.61 Å². The van der Waals surface area contributed by atoms with E-state index in [1.54, 1.807) is 0 Å². The van der Waals surface area contributed by atoms with Crippen LogP contribution in [0.25, 0.3) is 0 Å². The van der Waals surface area contributed by atoms with Crippen LogP contribution in [0.4, 0.5) is 0 Å². The van der Waals surface area contributed by atoms with Crippen molar-refractivity contribution in [1.82, 2.24) is 0 Å². The normalized spacial score (nSPS) is 11.5. The lowest BCUT2D eigenvalue weighted by Crippen LogP contribution is -2.02. The van der Waals surface area contributed by atoms with Gasteiger partial charge in [0.05, 0.1) is 0 Å². The van der Waals surface area contributed by atoms with Crippen molar-refractivity contribution in [2.24, 2.45) is 0 Å². The largest absolute Gasteiger partial charge is 0.384 e. The molecule has 2 nitrogen and oxygen atoms in total. The Morgan fingerprint density at radius 3 is 2.73 bits per heavy atom. The highest BCUT2D eigenvalue weighted by Crippen LogP contribution is 2.03. The molecule has 0 aliphatic carbocycles. The summed E-state index contributed by atoms with van der Waals surface area (Å²) in [5, 5.41) is 17.4. The van der Waals surface area contributed by atoms with Gasteiger partial charge in [0.25, 0.3) is 0 Å². The molecule has 0 radical (unpaired) electrons. The second kappa shape index (κ2) is 5.96. The summed E-state index contributed by atoms with van der Waals surface area (Å²) >= 11 is 0. The number of rotatable bonds is 3. The van der Waals surface area contributed by atoms with Crippen LogP contribution < -0.4 is 0 Å². The zero-order valence-electron chi connectivity index (χ0n) is 6.80. The minimum Gasteiger partial charge on any atom is -0.384 e. The molecule has 0 aromatic heterocycles. The number of hydrogen-bond donors (Lipinski definition) is 2. The van der Waals surface area contributed by atoms with Gasteiger partial charge in [-0.3, -0.25) is 0 Å². The van der Waals surface area contributed by atoms with Crippen molar-refractivity contribution in [1.29, 1.82) is 0 Å². The Morgan fingerprint density at radius 1 is 1.64 bits per heavy atom. The number of aliphatic hydroxyl groups is 2. The zero-order chi connectivity index (χ0) is 8.69. The summed E-state index contributed by atoms with van der Waals surface area (Å²) in [6, 6.07) is 0. The quantitative estimate of drug-likeness (QED) is 0.464. The summed E-state index contributed by atoms with van der Waals surface area (Å²) in [6.07, 6.45) is 0.753. The smallest absolute Gasteiger partial charge is 0.115 e. The molecule has 2 heteroatoms. The predicted molar refractivity (Wildman–Crippen MR) is 44.9 cm³/mol. The molecule has 0 aliphatic heterocycles. The van der Waals surface area contributed by atoms with Crippen LogP contribution in [-0.4, -0.2) is 22.9 Å². The first kappa shape index (κ1) is 10.2. The molecule has 0 bridgehead atoms. The van der Waals surface area contributed by atoms with E-state index in [9.17, 15) is 0 Å². The van der Waals surface area contributed by atoms with Gasteiger partial charge < -0.3 is 10.2 Å². The third kappa shape index (κ3) is 7.11. The van der Waals surface area contributed by atoms with Gasteiger partial charge in [-0.15, -0.1) is 6.58 Å². The molecule has 62 valence electrons. The Morgan fingerprint density at radius 2 is 2.27 bits per heavy atom. The Labute approximate surface area is 67.6 Å². The van der Waals surface area contributed by atoms with Crippen molar-refractivity contribution < 1.29 is 10.2 Å². The molecule has 0 saturated carbocycles. The SMILES string of the molecule is C=C(C)CCC(O)C#CCO. The molecule has 0 fully saturated rings.